The van der Waals surface area contributed by atoms with E-state index in [1.165, 1.54) is 17.5 Å². The van der Waals surface area contributed by atoms with E-state index in [4.69, 9.17) is 5.73 Å². The van der Waals surface area contributed by atoms with Gasteiger partial charge in [0, 0.05) is 18.7 Å². The fourth-order valence-corrected chi connectivity index (χ4v) is 2.87. The summed E-state index contributed by atoms with van der Waals surface area (Å²) in [4.78, 5) is 24.8. The highest BCUT2D eigenvalue weighted by Crippen LogP contribution is 2.30. The number of rotatable bonds is 2. The van der Waals surface area contributed by atoms with E-state index in [1.807, 2.05) is 6.07 Å². The van der Waals surface area contributed by atoms with Gasteiger partial charge in [0.1, 0.15) is 0 Å². The normalized spacial score (nSPS) is 22.3. The lowest BCUT2D eigenvalue weighted by Gasteiger charge is -2.17. The zero-order valence-corrected chi connectivity index (χ0v) is 10.2. The fourth-order valence-electron chi connectivity index (χ4n) is 2.87. The first-order chi connectivity index (χ1) is 8.65. The highest BCUT2D eigenvalue weighted by molar-refractivity contribution is 6.00. The fraction of sp³-hybridized carbons (Fsp3) is 0.429. The summed E-state index contributed by atoms with van der Waals surface area (Å²) in [5.41, 5.74) is 8.90. The predicted octanol–water partition coefficient (Wildman–Crippen LogP) is 1.01. The van der Waals surface area contributed by atoms with Crippen LogP contribution in [-0.2, 0) is 22.4 Å². The Kier molecular flexibility index (Phi) is 2.58. The average Bonchev–Trinajstić information content (AvgIpc) is 2.93. The Bertz CT molecular complexity index is 525. The molecule has 0 radical (unpaired) electrons. The Morgan fingerprint density at radius 2 is 2.06 bits per heavy atom. The Morgan fingerprint density at radius 3 is 2.78 bits per heavy atom. The van der Waals surface area contributed by atoms with Crippen molar-refractivity contribution in [2.45, 2.75) is 25.7 Å². The molecule has 4 heteroatoms. The second kappa shape index (κ2) is 4.12. The smallest absolute Gasteiger partial charge is 0.227 e. The van der Waals surface area contributed by atoms with Crippen LogP contribution in [0.5, 0.6) is 0 Å². The topological polar surface area (TPSA) is 63.4 Å². The SMILES string of the molecule is NC(=O)C1CC(=O)N(c2ccc3c(c2)CCC3)C1. The summed E-state index contributed by atoms with van der Waals surface area (Å²) in [5.74, 6) is -0.727. The van der Waals surface area contributed by atoms with E-state index in [0.29, 0.717) is 6.54 Å². The van der Waals surface area contributed by atoms with Gasteiger partial charge in [0.2, 0.25) is 11.8 Å². The van der Waals surface area contributed by atoms with Crippen LogP contribution >= 0.6 is 0 Å². The van der Waals surface area contributed by atoms with Crippen molar-refractivity contribution in [2.75, 3.05) is 11.4 Å². The summed E-state index contributed by atoms with van der Waals surface area (Å²) < 4.78 is 0. The Balaban J connectivity index is 1.87. The van der Waals surface area contributed by atoms with Crippen molar-refractivity contribution >= 4 is 17.5 Å². The molecule has 1 heterocycles. The minimum Gasteiger partial charge on any atom is -0.369 e. The lowest BCUT2D eigenvalue weighted by atomic mass is 10.1. The van der Waals surface area contributed by atoms with E-state index in [2.05, 4.69) is 12.1 Å². The number of nitrogens with zero attached hydrogens (tertiary/aromatic N) is 1. The minimum absolute atomic E-state index is 0.00301. The summed E-state index contributed by atoms with van der Waals surface area (Å²) in [6.07, 6.45) is 3.65. The van der Waals surface area contributed by atoms with Gasteiger partial charge >= 0.3 is 0 Å². The maximum Gasteiger partial charge on any atom is 0.227 e. The first-order valence-corrected chi connectivity index (χ1v) is 6.36. The minimum atomic E-state index is -0.382. The summed E-state index contributed by atoms with van der Waals surface area (Å²) in [5, 5.41) is 0. The maximum absolute atomic E-state index is 11.9. The van der Waals surface area contributed by atoms with Crippen molar-refractivity contribution in [3.8, 4) is 0 Å². The second-order valence-electron chi connectivity index (χ2n) is 5.11. The van der Waals surface area contributed by atoms with Gasteiger partial charge in [-0.2, -0.15) is 0 Å². The highest BCUT2D eigenvalue weighted by atomic mass is 16.2. The molecule has 1 saturated heterocycles. The highest BCUT2D eigenvalue weighted by Gasteiger charge is 2.34. The van der Waals surface area contributed by atoms with Crippen LogP contribution in [0.3, 0.4) is 0 Å². The zero-order chi connectivity index (χ0) is 12.7. The van der Waals surface area contributed by atoms with Crippen molar-refractivity contribution < 1.29 is 9.59 Å². The average molecular weight is 244 g/mol. The predicted molar refractivity (Wildman–Crippen MR) is 68.1 cm³/mol. The van der Waals surface area contributed by atoms with Crippen LogP contribution in [0, 0.1) is 5.92 Å². The van der Waals surface area contributed by atoms with E-state index >= 15 is 0 Å². The number of aryl methyl sites for hydroxylation is 2. The van der Waals surface area contributed by atoms with Gasteiger partial charge in [-0.15, -0.1) is 0 Å². The van der Waals surface area contributed by atoms with E-state index in [1.54, 1.807) is 4.90 Å². The molecule has 1 unspecified atom stereocenters. The van der Waals surface area contributed by atoms with Gasteiger partial charge in [-0.1, -0.05) is 6.07 Å². The number of fused-ring (bicyclic) bond motifs is 1. The first kappa shape index (κ1) is 11.3. The van der Waals surface area contributed by atoms with Crippen LogP contribution in [-0.4, -0.2) is 18.4 Å². The Hall–Kier alpha value is -1.84. The van der Waals surface area contributed by atoms with Crippen LogP contribution in [0.1, 0.15) is 24.0 Å². The van der Waals surface area contributed by atoms with Gasteiger partial charge in [0.15, 0.2) is 0 Å². The van der Waals surface area contributed by atoms with E-state index in [0.717, 1.165) is 18.5 Å². The number of carbonyl (C=O) groups excluding carboxylic acids is 2. The van der Waals surface area contributed by atoms with E-state index < -0.39 is 0 Å². The number of amides is 2. The molecule has 0 aromatic heterocycles. The number of primary amides is 1. The molecule has 0 spiro atoms. The molecule has 2 amide bonds. The van der Waals surface area contributed by atoms with Crippen molar-refractivity contribution in [3.63, 3.8) is 0 Å². The molecule has 2 N–H and O–H groups in total. The Morgan fingerprint density at radius 1 is 1.28 bits per heavy atom. The van der Waals surface area contributed by atoms with Crippen LogP contribution in [0.25, 0.3) is 0 Å². The quantitative estimate of drug-likeness (QED) is 0.844. The van der Waals surface area contributed by atoms with Gasteiger partial charge in [0.25, 0.3) is 0 Å². The lowest BCUT2D eigenvalue weighted by Crippen LogP contribution is -2.28. The summed E-state index contributed by atoms with van der Waals surface area (Å²) in [7, 11) is 0. The number of nitrogens with two attached hydrogens (primary N) is 1. The molecule has 94 valence electrons. The standard InChI is InChI=1S/C14H16N2O2/c15-14(18)11-7-13(17)16(8-11)12-5-4-9-2-1-3-10(9)6-12/h4-6,11H,1-3,7-8H2,(H2,15,18). The second-order valence-corrected chi connectivity index (χ2v) is 5.11. The molecule has 1 aliphatic carbocycles. The van der Waals surface area contributed by atoms with Gasteiger partial charge < -0.3 is 10.6 Å². The first-order valence-electron chi connectivity index (χ1n) is 6.36. The molecule has 2 aliphatic rings. The van der Waals surface area contributed by atoms with Crippen LogP contribution in [0.15, 0.2) is 18.2 Å². The van der Waals surface area contributed by atoms with Crippen LogP contribution in [0.2, 0.25) is 0 Å². The molecule has 3 rings (SSSR count). The van der Waals surface area contributed by atoms with Crippen molar-refractivity contribution in [1.29, 1.82) is 0 Å². The van der Waals surface area contributed by atoms with Crippen molar-refractivity contribution in [1.82, 2.24) is 0 Å². The summed E-state index contributed by atoms with van der Waals surface area (Å²) >= 11 is 0. The third-order valence-electron chi connectivity index (χ3n) is 3.92. The molecular weight excluding hydrogens is 228 g/mol. The van der Waals surface area contributed by atoms with E-state index in [-0.39, 0.29) is 24.2 Å². The van der Waals surface area contributed by atoms with Gasteiger partial charge in [-0.25, -0.2) is 0 Å². The maximum atomic E-state index is 11.9. The number of anilines is 1. The molecule has 0 saturated carbocycles. The molecule has 18 heavy (non-hydrogen) atoms. The lowest BCUT2D eigenvalue weighted by molar-refractivity contribution is -0.123. The summed E-state index contributed by atoms with van der Waals surface area (Å²) in [6.45, 7) is 0.424. The molecule has 1 aromatic carbocycles. The third-order valence-corrected chi connectivity index (χ3v) is 3.92. The van der Waals surface area contributed by atoms with Crippen LogP contribution in [0.4, 0.5) is 5.69 Å². The Labute approximate surface area is 106 Å². The summed E-state index contributed by atoms with van der Waals surface area (Å²) in [6, 6.07) is 6.16. The zero-order valence-electron chi connectivity index (χ0n) is 10.2. The van der Waals surface area contributed by atoms with Crippen LogP contribution < -0.4 is 10.6 Å². The van der Waals surface area contributed by atoms with Gasteiger partial charge in [-0.3, -0.25) is 9.59 Å². The molecular formula is C14H16N2O2. The molecule has 4 nitrogen and oxygen atoms in total. The number of carbonyl (C=O) groups is 2. The number of hydrogen-bond donors (Lipinski definition) is 1. The van der Waals surface area contributed by atoms with Crippen molar-refractivity contribution in [2.24, 2.45) is 11.7 Å². The largest absolute Gasteiger partial charge is 0.369 e. The van der Waals surface area contributed by atoms with E-state index in [9.17, 15) is 9.59 Å². The van der Waals surface area contributed by atoms with Crippen molar-refractivity contribution in [3.05, 3.63) is 29.3 Å². The molecule has 1 aromatic rings. The number of benzene rings is 1. The molecule has 0 bridgehead atoms. The molecule has 1 fully saturated rings. The van der Waals surface area contributed by atoms with Gasteiger partial charge in [0.05, 0.1) is 5.92 Å². The monoisotopic (exact) mass is 244 g/mol. The van der Waals surface area contributed by atoms with Gasteiger partial charge in [-0.05, 0) is 42.5 Å². The molecule has 1 atom stereocenters. The third kappa shape index (κ3) is 1.78. The number of hydrogen-bond acceptors (Lipinski definition) is 2. The molecule has 1 aliphatic heterocycles.